The van der Waals surface area contributed by atoms with Crippen molar-refractivity contribution in [3.8, 4) is 11.5 Å². The SMILES string of the molecule is Cc1ccccc1OCC(=O)N1CCC2(CC1)CC(=O)c1cc(Cl)cc(C)c1O2. The van der Waals surface area contributed by atoms with Crippen molar-refractivity contribution >= 4 is 23.3 Å². The van der Waals surface area contributed by atoms with E-state index < -0.39 is 5.60 Å². The van der Waals surface area contributed by atoms with Crippen LogP contribution in [0.4, 0.5) is 0 Å². The van der Waals surface area contributed by atoms with Crippen LogP contribution in [0.2, 0.25) is 5.02 Å². The van der Waals surface area contributed by atoms with E-state index in [1.165, 1.54) is 0 Å². The molecule has 0 N–H and O–H groups in total. The zero-order valence-electron chi connectivity index (χ0n) is 16.7. The molecule has 0 aliphatic carbocycles. The molecule has 1 saturated heterocycles. The number of likely N-dealkylation sites (tertiary alicyclic amines) is 1. The zero-order valence-corrected chi connectivity index (χ0v) is 17.4. The van der Waals surface area contributed by atoms with Crippen molar-refractivity contribution in [2.24, 2.45) is 0 Å². The zero-order chi connectivity index (χ0) is 20.6. The molecule has 0 saturated carbocycles. The Hall–Kier alpha value is -2.53. The number of ether oxygens (including phenoxy) is 2. The van der Waals surface area contributed by atoms with Crippen molar-refractivity contribution in [3.05, 3.63) is 58.1 Å². The predicted octanol–water partition coefficient (Wildman–Crippen LogP) is 4.36. The number of hydrogen-bond donors (Lipinski definition) is 0. The summed E-state index contributed by atoms with van der Waals surface area (Å²) in [5.74, 6) is 1.36. The summed E-state index contributed by atoms with van der Waals surface area (Å²) < 4.78 is 12.0. The van der Waals surface area contributed by atoms with Crippen LogP contribution in [0, 0.1) is 13.8 Å². The Bertz CT molecular complexity index is 963. The Balaban J connectivity index is 1.39. The number of nitrogens with zero attached hydrogens (tertiary/aromatic N) is 1. The third-order valence-electron chi connectivity index (χ3n) is 5.81. The molecule has 0 aromatic heterocycles. The van der Waals surface area contributed by atoms with Gasteiger partial charge >= 0.3 is 0 Å². The Labute approximate surface area is 175 Å². The molecule has 2 aliphatic heterocycles. The van der Waals surface area contributed by atoms with Gasteiger partial charge in [-0.2, -0.15) is 0 Å². The molecule has 2 aromatic rings. The Morgan fingerprint density at radius 2 is 1.90 bits per heavy atom. The molecular formula is C23H24ClNO4. The highest BCUT2D eigenvalue weighted by atomic mass is 35.5. The first kappa shape index (κ1) is 19.8. The average molecular weight is 414 g/mol. The number of para-hydroxylation sites is 1. The molecule has 1 fully saturated rings. The lowest BCUT2D eigenvalue weighted by Gasteiger charge is -2.44. The summed E-state index contributed by atoms with van der Waals surface area (Å²) in [5, 5.41) is 0.545. The fraction of sp³-hybridized carbons (Fsp3) is 0.391. The van der Waals surface area contributed by atoms with E-state index in [-0.39, 0.29) is 18.3 Å². The second-order valence-corrected chi connectivity index (χ2v) is 8.36. The van der Waals surface area contributed by atoms with E-state index in [0.29, 0.717) is 48.7 Å². The molecule has 0 radical (unpaired) electrons. The number of benzene rings is 2. The summed E-state index contributed by atoms with van der Waals surface area (Å²) in [7, 11) is 0. The summed E-state index contributed by atoms with van der Waals surface area (Å²) in [6.07, 6.45) is 1.56. The van der Waals surface area contributed by atoms with Crippen LogP contribution in [0.5, 0.6) is 11.5 Å². The van der Waals surface area contributed by atoms with E-state index in [2.05, 4.69) is 0 Å². The van der Waals surface area contributed by atoms with Gasteiger partial charge in [-0.15, -0.1) is 0 Å². The normalized spacial score (nSPS) is 17.6. The van der Waals surface area contributed by atoms with Crippen LogP contribution in [0.15, 0.2) is 36.4 Å². The minimum atomic E-state index is -0.545. The van der Waals surface area contributed by atoms with Gasteiger partial charge in [0.25, 0.3) is 5.91 Å². The number of hydrogen-bond acceptors (Lipinski definition) is 4. The number of aryl methyl sites for hydroxylation is 2. The highest BCUT2D eigenvalue weighted by Gasteiger charge is 2.44. The Morgan fingerprint density at radius 1 is 1.17 bits per heavy atom. The largest absolute Gasteiger partial charge is 0.486 e. The van der Waals surface area contributed by atoms with Crippen LogP contribution in [-0.4, -0.2) is 41.9 Å². The van der Waals surface area contributed by atoms with Crippen LogP contribution in [0.25, 0.3) is 0 Å². The molecule has 2 aliphatic rings. The van der Waals surface area contributed by atoms with Gasteiger partial charge in [0.05, 0.1) is 12.0 Å². The lowest BCUT2D eigenvalue weighted by Crippen LogP contribution is -2.53. The number of carbonyl (C=O) groups is 2. The molecule has 0 bridgehead atoms. The maximum absolute atomic E-state index is 12.7. The number of ketones is 1. The first-order valence-corrected chi connectivity index (χ1v) is 10.2. The summed E-state index contributed by atoms with van der Waals surface area (Å²) in [5.41, 5.74) is 1.88. The van der Waals surface area contributed by atoms with E-state index in [0.717, 1.165) is 16.9 Å². The smallest absolute Gasteiger partial charge is 0.260 e. The quantitative estimate of drug-likeness (QED) is 0.750. The molecule has 2 aromatic carbocycles. The number of rotatable bonds is 3. The number of carbonyl (C=O) groups excluding carboxylic acids is 2. The highest BCUT2D eigenvalue weighted by molar-refractivity contribution is 6.31. The van der Waals surface area contributed by atoms with Crippen LogP contribution in [0.1, 0.15) is 40.7 Å². The summed E-state index contributed by atoms with van der Waals surface area (Å²) in [6.45, 7) is 4.96. The van der Waals surface area contributed by atoms with E-state index in [1.54, 1.807) is 11.0 Å². The first-order chi connectivity index (χ1) is 13.9. The van der Waals surface area contributed by atoms with Gasteiger partial charge < -0.3 is 14.4 Å². The highest BCUT2D eigenvalue weighted by Crippen LogP contribution is 2.42. The van der Waals surface area contributed by atoms with Gasteiger partial charge in [-0.25, -0.2) is 0 Å². The molecule has 0 unspecified atom stereocenters. The number of halogens is 1. The van der Waals surface area contributed by atoms with E-state index in [4.69, 9.17) is 21.1 Å². The number of Topliss-reactive ketones (excluding diaryl/α,β-unsaturated/α-hetero) is 1. The minimum absolute atomic E-state index is 0.0120. The molecule has 1 amide bonds. The molecule has 152 valence electrons. The maximum Gasteiger partial charge on any atom is 0.260 e. The van der Waals surface area contributed by atoms with Crippen molar-refractivity contribution < 1.29 is 19.1 Å². The van der Waals surface area contributed by atoms with Gasteiger partial charge in [-0.05, 0) is 43.2 Å². The molecule has 29 heavy (non-hydrogen) atoms. The lowest BCUT2D eigenvalue weighted by molar-refractivity contribution is -0.136. The fourth-order valence-corrected chi connectivity index (χ4v) is 4.38. The molecular weight excluding hydrogens is 390 g/mol. The molecule has 0 atom stereocenters. The van der Waals surface area contributed by atoms with Gasteiger partial charge in [0.15, 0.2) is 12.4 Å². The van der Waals surface area contributed by atoms with Crippen molar-refractivity contribution in [1.82, 2.24) is 4.90 Å². The van der Waals surface area contributed by atoms with Gasteiger partial charge in [-0.3, -0.25) is 9.59 Å². The van der Waals surface area contributed by atoms with Crippen molar-refractivity contribution in [3.63, 3.8) is 0 Å². The Kier molecular flexibility index (Phi) is 5.26. The van der Waals surface area contributed by atoms with Crippen molar-refractivity contribution in [2.45, 2.75) is 38.7 Å². The number of piperidine rings is 1. The molecule has 6 heteroatoms. The van der Waals surface area contributed by atoms with E-state index >= 15 is 0 Å². The number of amides is 1. The molecule has 1 spiro atoms. The molecule has 2 heterocycles. The lowest BCUT2D eigenvalue weighted by atomic mass is 9.82. The molecule has 4 rings (SSSR count). The topological polar surface area (TPSA) is 55.8 Å². The summed E-state index contributed by atoms with van der Waals surface area (Å²) >= 11 is 6.10. The number of fused-ring (bicyclic) bond motifs is 1. The molecule has 5 nitrogen and oxygen atoms in total. The van der Waals surface area contributed by atoms with Crippen LogP contribution in [0.3, 0.4) is 0 Å². The van der Waals surface area contributed by atoms with Gasteiger partial charge in [-0.1, -0.05) is 29.8 Å². The van der Waals surface area contributed by atoms with Crippen molar-refractivity contribution in [1.29, 1.82) is 0 Å². The van der Waals surface area contributed by atoms with Gasteiger partial charge in [0, 0.05) is 31.0 Å². The van der Waals surface area contributed by atoms with E-state index in [1.807, 2.05) is 44.2 Å². The van der Waals surface area contributed by atoms with E-state index in [9.17, 15) is 9.59 Å². The van der Waals surface area contributed by atoms with Crippen LogP contribution in [-0.2, 0) is 4.79 Å². The third-order valence-corrected chi connectivity index (χ3v) is 6.03. The fourth-order valence-electron chi connectivity index (χ4n) is 4.10. The van der Waals surface area contributed by atoms with Gasteiger partial charge in [0.2, 0.25) is 0 Å². The third kappa shape index (κ3) is 3.97. The predicted molar refractivity (Wildman–Crippen MR) is 111 cm³/mol. The summed E-state index contributed by atoms with van der Waals surface area (Å²) in [4.78, 5) is 27.1. The van der Waals surface area contributed by atoms with Crippen LogP contribution >= 0.6 is 11.6 Å². The monoisotopic (exact) mass is 413 g/mol. The van der Waals surface area contributed by atoms with Crippen molar-refractivity contribution in [2.75, 3.05) is 19.7 Å². The Morgan fingerprint density at radius 3 is 2.62 bits per heavy atom. The second-order valence-electron chi connectivity index (χ2n) is 7.92. The standard InChI is InChI=1S/C23H24ClNO4/c1-15-5-3-4-6-20(15)28-14-21(27)25-9-7-23(8-10-25)13-19(26)18-12-17(24)11-16(2)22(18)29-23/h3-6,11-12H,7-10,13-14H2,1-2H3. The summed E-state index contributed by atoms with van der Waals surface area (Å²) in [6, 6.07) is 11.1. The van der Waals surface area contributed by atoms with Gasteiger partial charge in [0.1, 0.15) is 17.1 Å². The minimum Gasteiger partial charge on any atom is -0.486 e. The first-order valence-electron chi connectivity index (χ1n) is 9.85. The van der Waals surface area contributed by atoms with Crippen LogP contribution < -0.4 is 9.47 Å². The second kappa shape index (κ2) is 7.71. The average Bonchev–Trinajstić information content (AvgIpc) is 2.69. The maximum atomic E-state index is 12.7.